The Morgan fingerprint density at radius 3 is 3.14 bits per heavy atom. The van der Waals surface area contributed by atoms with Crippen LogP contribution in [0.5, 0.6) is 0 Å². The van der Waals surface area contributed by atoms with Gasteiger partial charge in [-0.05, 0) is 6.42 Å². The second kappa shape index (κ2) is 5.39. The molecule has 0 aliphatic carbocycles. The minimum absolute atomic E-state index is 0.0516. The van der Waals surface area contributed by atoms with Crippen molar-refractivity contribution in [2.24, 2.45) is 0 Å². The molecule has 0 bridgehead atoms. The molecule has 0 spiro atoms. The van der Waals surface area contributed by atoms with E-state index in [1.54, 1.807) is 0 Å². The van der Waals surface area contributed by atoms with Gasteiger partial charge < -0.3 is 10.1 Å². The molecule has 1 rings (SSSR count). The molecule has 0 saturated carbocycles. The van der Waals surface area contributed by atoms with Crippen molar-refractivity contribution in [1.29, 1.82) is 0 Å². The lowest BCUT2D eigenvalue weighted by atomic mass is 10.2. The van der Waals surface area contributed by atoms with Crippen molar-refractivity contribution < 1.29 is 9.53 Å². The molecule has 0 aliphatic heterocycles. The van der Waals surface area contributed by atoms with Crippen molar-refractivity contribution >= 4 is 11.7 Å². The number of aromatic nitrogens is 2. The molecule has 5 heteroatoms. The molecule has 0 saturated heterocycles. The number of aryl methyl sites for hydroxylation is 1. The molecule has 0 radical (unpaired) electrons. The van der Waals surface area contributed by atoms with E-state index in [-0.39, 0.29) is 12.5 Å². The van der Waals surface area contributed by atoms with E-state index in [0.717, 1.165) is 18.5 Å². The molecule has 0 aromatic carbocycles. The Hall–Kier alpha value is -1.36. The number of nitrogens with zero attached hydrogens (tertiary/aromatic N) is 1. The summed E-state index contributed by atoms with van der Waals surface area (Å²) in [7, 11) is 1.48. The van der Waals surface area contributed by atoms with E-state index >= 15 is 0 Å². The van der Waals surface area contributed by atoms with E-state index in [1.165, 1.54) is 7.11 Å². The lowest BCUT2D eigenvalue weighted by Crippen LogP contribution is -2.17. The SMILES string of the molecule is CCCc1cc(NC(=O)COC)n[nH]1. The summed E-state index contributed by atoms with van der Waals surface area (Å²) in [6.07, 6.45) is 1.99. The first kappa shape index (κ1) is 10.7. The lowest BCUT2D eigenvalue weighted by molar-refractivity contribution is -0.119. The molecular weight excluding hydrogens is 182 g/mol. The van der Waals surface area contributed by atoms with Gasteiger partial charge in [0.2, 0.25) is 0 Å². The molecular formula is C9H15N3O2. The average molecular weight is 197 g/mol. The van der Waals surface area contributed by atoms with E-state index in [2.05, 4.69) is 27.2 Å². The van der Waals surface area contributed by atoms with Gasteiger partial charge in [0.05, 0.1) is 0 Å². The van der Waals surface area contributed by atoms with Crippen LogP contribution >= 0.6 is 0 Å². The second-order valence-electron chi connectivity index (χ2n) is 3.01. The molecule has 1 amide bonds. The van der Waals surface area contributed by atoms with Gasteiger partial charge in [-0.3, -0.25) is 9.89 Å². The van der Waals surface area contributed by atoms with E-state index in [0.29, 0.717) is 5.82 Å². The minimum atomic E-state index is -0.193. The molecule has 14 heavy (non-hydrogen) atoms. The number of ether oxygens (including phenoxy) is 1. The molecule has 1 aromatic rings. The van der Waals surface area contributed by atoms with Gasteiger partial charge in [0.25, 0.3) is 5.91 Å². The van der Waals surface area contributed by atoms with E-state index in [1.807, 2.05) is 6.07 Å². The Balaban J connectivity index is 2.46. The largest absolute Gasteiger partial charge is 0.375 e. The second-order valence-corrected chi connectivity index (χ2v) is 3.01. The Bertz CT molecular complexity index is 296. The number of carbonyl (C=O) groups excluding carboxylic acids is 1. The lowest BCUT2D eigenvalue weighted by Gasteiger charge is -1.98. The maximum absolute atomic E-state index is 11.1. The highest BCUT2D eigenvalue weighted by Crippen LogP contribution is 2.06. The van der Waals surface area contributed by atoms with Gasteiger partial charge in [-0.2, -0.15) is 5.10 Å². The number of carbonyl (C=O) groups is 1. The van der Waals surface area contributed by atoms with E-state index in [4.69, 9.17) is 0 Å². The van der Waals surface area contributed by atoms with Gasteiger partial charge in [-0.25, -0.2) is 0 Å². The highest BCUT2D eigenvalue weighted by atomic mass is 16.5. The standard InChI is InChI=1S/C9H15N3O2/c1-3-4-7-5-8(12-11-7)10-9(13)6-14-2/h5H,3-4,6H2,1-2H3,(H2,10,11,12,13). The summed E-state index contributed by atoms with van der Waals surface area (Å²) >= 11 is 0. The van der Waals surface area contributed by atoms with Crippen LogP contribution in [0.15, 0.2) is 6.07 Å². The zero-order chi connectivity index (χ0) is 10.4. The number of hydrogen-bond donors (Lipinski definition) is 2. The van der Waals surface area contributed by atoms with E-state index in [9.17, 15) is 4.79 Å². The molecule has 5 nitrogen and oxygen atoms in total. The molecule has 1 aromatic heterocycles. The number of amides is 1. The molecule has 0 unspecified atom stereocenters. The maximum Gasteiger partial charge on any atom is 0.251 e. The van der Waals surface area contributed by atoms with Crippen molar-refractivity contribution in [2.45, 2.75) is 19.8 Å². The van der Waals surface area contributed by atoms with Crippen LogP contribution in [0.3, 0.4) is 0 Å². The van der Waals surface area contributed by atoms with Crippen LogP contribution in [-0.2, 0) is 16.0 Å². The highest BCUT2D eigenvalue weighted by Gasteiger charge is 2.04. The third kappa shape index (κ3) is 3.18. The number of nitrogens with one attached hydrogen (secondary N) is 2. The summed E-state index contributed by atoms with van der Waals surface area (Å²) in [5.74, 6) is 0.359. The zero-order valence-corrected chi connectivity index (χ0v) is 8.46. The quantitative estimate of drug-likeness (QED) is 0.738. The number of anilines is 1. The van der Waals surface area contributed by atoms with Gasteiger partial charge >= 0.3 is 0 Å². The van der Waals surface area contributed by atoms with Crippen molar-refractivity contribution in [1.82, 2.24) is 10.2 Å². The number of methoxy groups -OCH3 is 1. The molecule has 2 N–H and O–H groups in total. The molecule has 1 heterocycles. The third-order valence-electron chi connectivity index (χ3n) is 1.69. The third-order valence-corrected chi connectivity index (χ3v) is 1.69. The van der Waals surface area contributed by atoms with Crippen LogP contribution in [0.2, 0.25) is 0 Å². The van der Waals surface area contributed by atoms with E-state index < -0.39 is 0 Å². The smallest absolute Gasteiger partial charge is 0.251 e. The van der Waals surface area contributed by atoms with Crippen LogP contribution in [0.4, 0.5) is 5.82 Å². The molecule has 0 aliphatic rings. The highest BCUT2D eigenvalue weighted by molar-refractivity contribution is 5.90. The monoisotopic (exact) mass is 197 g/mol. The van der Waals surface area contributed by atoms with Crippen LogP contribution < -0.4 is 5.32 Å². The maximum atomic E-state index is 11.1. The van der Waals surface area contributed by atoms with Gasteiger partial charge in [-0.1, -0.05) is 13.3 Å². The first-order valence-corrected chi connectivity index (χ1v) is 4.59. The first-order valence-electron chi connectivity index (χ1n) is 4.59. The number of rotatable bonds is 5. The van der Waals surface area contributed by atoms with Gasteiger partial charge in [0.1, 0.15) is 6.61 Å². The van der Waals surface area contributed by atoms with Crippen molar-refractivity contribution in [3.05, 3.63) is 11.8 Å². The summed E-state index contributed by atoms with van der Waals surface area (Å²) in [6.45, 7) is 2.14. The molecule has 0 fully saturated rings. The average Bonchev–Trinajstić information content (AvgIpc) is 2.53. The van der Waals surface area contributed by atoms with Crippen LogP contribution in [0, 0.1) is 0 Å². The Morgan fingerprint density at radius 1 is 1.71 bits per heavy atom. The first-order chi connectivity index (χ1) is 6.76. The Kier molecular flexibility index (Phi) is 4.12. The van der Waals surface area contributed by atoms with Crippen molar-refractivity contribution in [2.75, 3.05) is 19.0 Å². The van der Waals surface area contributed by atoms with Crippen molar-refractivity contribution in [3.63, 3.8) is 0 Å². The number of H-pyrrole nitrogens is 1. The van der Waals surface area contributed by atoms with Crippen LogP contribution in [0.25, 0.3) is 0 Å². The van der Waals surface area contributed by atoms with Crippen LogP contribution in [-0.4, -0.2) is 29.8 Å². The minimum Gasteiger partial charge on any atom is -0.375 e. The number of aromatic amines is 1. The predicted octanol–water partition coefficient (Wildman–Crippen LogP) is 0.947. The summed E-state index contributed by atoms with van der Waals surface area (Å²) in [4.78, 5) is 11.1. The van der Waals surface area contributed by atoms with Crippen LogP contribution in [0.1, 0.15) is 19.0 Å². The Labute approximate surface area is 82.8 Å². The summed E-state index contributed by atoms with van der Waals surface area (Å²) < 4.78 is 4.68. The normalized spacial score (nSPS) is 10.1. The molecule has 78 valence electrons. The van der Waals surface area contributed by atoms with Gasteiger partial charge in [0, 0.05) is 18.9 Å². The molecule has 0 atom stereocenters. The summed E-state index contributed by atoms with van der Waals surface area (Å²) in [5, 5.41) is 9.41. The predicted molar refractivity (Wildman–Crippen MR) is 53.1 cm³/mol. The fourth-order valence-electron chi connectivity index (χ4n) is 1.13. The fraction of sp³-hybridized carbons (Fsp3) is 0.556. The summed E-state index contributed by atoms with van der Waals surface area (Å²) in [6, 6.07) is 1.83. The van der Waals surface area contributed by atoms with Gasteiger partial charge in [0.15, 0.2) is 5.82 Å². The van der Waals surface area contributed by atoms with Crippen molar-refractivity contribution in [3.8, 4) is 0 Å². The summed E-state index contributed by atoms with van der Waals surface area (Å²) in [5.41, 5.74) is 1.03. The zero-order valence-electron chi connectivity index (χ0n) is 8.46. The number of hydrogen-bond acceptors (Lipinski definition) is 3. The van der Waals surface area contributed by atoms with Gasteiger partial charge in [-0.15, -0.1) is 0 Å². The fourth-order valence-corrected chi connectivity index (χ4v) is 1.13. The topological polar surface area (TPSA) is 67.0 Å². The Morgan fingerprint density at radius 2 is 2.50 bits per heavy atom.